The molecule has 0 saturated carbocycles. The number of likely N-dealkylation sites (N-methyl/N-ethyl adjacent to an activating group) is 1. The number of hydrogen-bond donors (Lipinski definition) is 2. The van der Waals surface area contributed by atoms with E-state index >= 15 is 0 Å². The zero-order valence-electron chi connectivity index (χ0n) is 10.9. The van der Waals surface area contributed by atoms with Gasteiger partial charge in [0.2, 0.25) is 5.91 Å². The molecule has 1 saturated heterocycles. The van der Waals surface area contributed by atoms with Crippen LogP contribution in [0.4, 0.5) is 0 Å². The standard InChI is InChI=1S/C12H25N3O2/c1-10-11(7-9-17-10)15(2)8-5-3-4-6-12(16)14-13/h10-11H,3-9,13H2,1-2H3,(H,14,16). The highest BCUT2D eigenvalue weighted by Gasteiger charge is 2.27. The summed E-state index contributed by atoms with van der Waals surface area (Å²) in [7, 11) is 2.16. The number of ether oxygens (including phenoxy) is 1. The van der Waals surface area contributed by atoms with Crippen molar-refractivity contribution in [3.05, 3.63) is 0 Å². The predicted molar refractivity (Wildman–Crippen MR) is 67.2 cm³/mol. The van der Waals surface area contributed by atoms with E-state index in [1.165, 1.54) is 0 Å². The predicted octanol–water partition coefficient (Wildman–Crippen LogP) is 0.646. The number of amides is 1. The second-order valence-electron chi connectivity index (χ2n) is 4.79. The summed E-state index contributed by atoms with van der Waals surface area (Å²) in [5.41, 5.74) is 2.15. The van der Waals surface area contributed by atoms with Gasteiger partial charge in [-0.2, -0.15) is 0 Å². The van der Waals surface area contributed by atoms with E-state index in [1.807, 2.05) is 0 Å². The van der Waals surface area contributed by atoms with Crippen LogP contribution in [-0.4, -0.2) is 43.2 Å². The lowest BCUT2D eigenvalue weighted by molar-refractivity contribution is -0.121. The molecule has 1 rings (SSSR count). The molecule has 1 heterocycles. The lowest BCUT2D eigenvalue weighted by Gasteiger charge is -2.26. The van der Waals surface area contributed by atoms with E-state index in [1.54, 1.807) is 0 Å². The average Bonchev–Trinajstić information content (AvgIpc) is 2.74. The van der Waals surface area contributed by atoms with Gasteiger partial charge in [0, 0.05) is 19.1 Å². The number of nitrogens with two attached hydrogens (primary N) is 1. The summed E-state index contributed by atoms with van der Waals surface area (Å²) in [6.07, 6.45) is 5.12. The lowest BCUT2D eigenvalue weighted by Crippen LogP contribution is -2.37. The molecule has 0 aromatic carbocycles. The maximum atomic E-state index is 10.9. The summed E-state index contributed by atoms with van der Waals surface area (Å²) in [6.45, 7) is 4.09. The van der Waals surface area contributed by atoms with Crippen LogP contribution in [0, 0.1) is 0 Å². The Morgan fingerprint density at radius 1 is 1.47 bits per heavy atom. The highest BCUT2D eigenvalue weighted by Crippen LogP contribution is 2.18. The van der Waals surface area contributed by atoms with Crippen LogP contribution in [0.25, 0.3) is 0 Å². The van der Waals surface area contributed by atoms with Crippen molar-refractivity contribution in [2.24, 2.45) is 5.84 Å². The Hall–Kier alpha value is -0.650. The molecule has 0 spiro atoms. The number of unbranched alkanes of at least 4 members (excludes halogenated alkanes) is 2. The quantitative estimate of drug-likeness (QED) is 0.298. The van der Waals surface area contributed by atoms with E-state index in [0.29, 0.717) is 18.6 Å². The summed E-state index contributed by atoms with van der Waals surface area (Å²) in [4.78, 5) is 13.3. The number of hydrogen-bond acceptors (Lipinski definition) is 4. The average molecular weight is 243 g/mol. The van der Waals surface area contributed by atoms with Gasteiger partial charge in [0.1, 0.15) is 0 Å². The van der Waals surface area contributed by atoms with Crippen LogP contribution >= 0.6 is 0 Å². The molecule has 3 N–H and O–H groups in total. The fourth-order valence-corrected chi connectivity index (χ4v) is 2.36. The summed E-state index contributed by atoms with van der Waals surface area (Å²) >= 11 is 0. The number of carbonyl (C=O) groups is 1. The van der Waals surface area contributed by atoms with Crippen LogP contribution < -0.4 is 11.3 Å². The summed E-state index contributed by atoms with van der Waals surface area (Å²) in [6, 6.07) is 0.558. The molecule has 0 bridgehead atoms. The molecule has 2 atom stereocenters. The van der Waals surface area contributed by atoms with Crippen LogP contribution in [0.5, 0.6) is 0 Å². The summed E-state index contributed by atoms with van der Waals surface area (Å²) < 4.78 is 5.55. The molecule has 5 nitrogen and oxygen atoms in total. The Morgan fingerprint density at radius 2 is 2.24 bits per heavy atom. The van der Waals surface area contributed by atoms with Crippen LogP contribution in [0.15, 0.2) is 0 Å². The molecule has 17 heavy (non-hydrogen) atoms. The van der Waals surface area contributed by atoms with E-state index in [2.05, 4.69) is 24.3 Å². The van der Waals surface area contributed by atoms with Crippen molar-refractivity contribution in [1.29, 1.82) is 0 Å². The maximum absolute atomic E-state index is 10.9. The molecule has 100 valence electrons. The van der Waals surface area contributed by atoms with Gasteiger partial charge < -0.3 is 9.64 Å². The topological polar surface area (TPSA) is 67.6 Å². The minimum atomic E-state index is -0.0730. The third kappa shape index (κ3) is 5.02. The van der Waals surface area contributed by atoms with Gasteiger partial charge in [-0.3, -0.25) is 10.2 Å². The van der Waals surface area contributed by atoms with E-state index in [0.717, 1.165) is 38.8 Å². The third-order valence-corrected chi connectivity index (χ3v) is 3.48. The molecule has 2 unspecified atom stereocenters. The highest BCUT2D eigenvalue weighted by atomic mass is 16.5. The Bertz CT molecular complexity index is 236. The zero-order valence-corrected chi connectivity index (χ0v) is 10.9. The lowest BCUT2D eigenvalue weighted by atomic mass is 10.1. The molecular weight excluding hydrogens is 218 g/mol. The van der Waals surface area contributed by atoms with Crippen molar-refractivity contribution in [2.45, 2.75) is 51.2 Å². The first-order chi connectivity index (χ1) is 8.15. The highest BCUT2D eigenvalue weighted by molar-refractivity contribution is 5.74. The van der Waals surface area contributed by atoms with Gasteiger partial charge >= 0.3 is 0 Å². The fraction of sp³-hybridized carbons (Fsp3) is 0.917. The van der Waals surface area contributed by atoms with E-state index in [9.17, 15) is 4.79 Å². The van der Waals surface area contributed by atoms with E-state index in [4.69, 9.17) is 10.6 Å². The van der Waals surface area contributed by atoms with Crippen molar-refractivity contribution < 1.29 is 9.53 Å². The van der Waals surface area contributed by atoms with Crippen LogP contribution in [0.3, 0.4) is 0 Å². The summed E-state index contributed by atoms with van der Waals surface area (Å²) in [5.74, 6) is 4.94. The molecule has 1 aliphatic rings. The minimum Gasteiger partial charge on any atom is -0.377 e. The fourth-order valence-electron chi connectivity index (χ4n) is 2.36. The van der Waals surface area contributed by atoms with Crippen molar-refractivity contribution in [2.75, 3.05) is 20.2 Å². The van der Waals surface area contributed by atoms with Crippen LogP contribution in [0.2, 0.25) is 0 Å². The van der Waals surface area contributed by atoms with Gasteiger partial charge in [0.25, 0.3) is 0 Å². The van der Waals surface area contributed by atoms with Gasteiger partial charge in [-0.1, -0.05) is 6.42 Å². The third-order valence-electron chi connectivity index (χ3n) is 3.48. The number of rotatable bonds is 7. The monoisotopic (exact) mass is 243 g/mol. The molecule has 1 aliphatic heterocycles. The smallest absolute Gasteiger partial charge is 0.233 e. The van der Waals surface area contributed by atoms with Gasteiger partial charge in [0.05, 0.1) is 6.10 Å². The molecule has 1 amide bonds. The summed E-state index contributed by atoms with van der Waals surface area (Å²) in [5, 5.41) is 0. The first-order valence-corrected chi connectivity index (χ1v) is 6.46. The number of carbonyl (C=O) groups excluding carboxylic acids is 1. The second-order valence-corrected chi connectivity index (χ2v) is 4.79. The Morgan fingerprint density at radius 3 is 2.82 bits per heavy atom. The second kappa shape index (κ2) is 7.63. The molecular formula is C12H25N3O2. The maximum Gasteiger partial charge on any atom is 0.233 e. The van der Waals surface area contributed by atoms with E-state index < -0.39 is 0 Å². The van der Waals surface area contributed by atoms with Crippen molar-refractivity contribution >= 4 is 5.91 Å². The molecule has 0 aromatic rings. The zero-order chi connectivity index (χ0) is 12.7. The molecule has 0 radical (unpaired) electrons. The molecule has 0 aromatic heterocycles. The van der Waals surface area contributed by atoms with Gasteiger partial charge in [0.15, 0.2) is 0 Å². The van der Waals surface area contributed by atoms with Crippen LogP contribution in [0.1, 0.15) is 39.0 Å². The largest absolute Gasteiger partial charge is 0.377 e. The van der Waals surface area contributed by atoms with E-state index in [-0.39, 0.29) is 5.91 Å². The normalized spacial score (nSPS) is 24.2. The Labute approximate surface area is 104 Å². The molecule has 1 fully saturated rings. The molecule has 0 aliphatic carbocycles. The van der Waals surface area contributed by atoms with Gasteiger partial charge in [-0.25, -0.2) is 5.84 Å². The van der Waals surface area contributed by atoms with Crippen molar-refractivity contribution in [1.82, 2.24) is 10.3 Å². The minimum absolute atomic E-state index is 0.0730. The SMILES string of the molecule is CC1OCCC1N(C)CCCCCC(=O)NN. The Kier molecular flexibility index (Phi) is 6.47. The van der Waals surface area contributed by atoms with Gasteiger partial charge in [-0.05, 0) is 39.8 Å². The van der Waals surface area contributed by atoms with Crippen molar-refractivity contribution in [3.8, 4) is 0 Å². The van der Waals surface area contributed by atoms with Crippen molar-refractivity contribution in [3.63, 3.8) is 0 Å². The first kappa shape index (κ1) is 14.4. The number of nitrogens with one attached hydrogen (secondary N) is 1. The Balaban J connectivity index is 2.04. The molecule has 5 heteroatoms. The van der Waals surface area contributed by atoms with Crippen LogP contribution in [-0.2, 0) is 9.53 Å². The number of hydrazine groups is 1. The number of nitrogens with zero attached hydrogens (tertiary/aromatic N) is 1. The first-order valence-electron chi connectivity index (χ1n) is 6.46. The van der Waals surface area contributed by atoms with Gasteiger partial charge in [-0.15, -0.1) is 0 Å².